The largest absolute Gasteiger partial charge is 0.462 e. The summed E-state index contributed by atoms with van der Waals surface area (Å²) < 4.78 is 11.1. The van der Waals surface area contributed by atoms with Crippen LogP contribution in [0.15, 0.2) is 24.3 Å². The first-order chi connectivity index (χ1) is 20.0. The third-order valence-corrected chi connectivity index (χ3v) is 10.3. The Morgan fingerprint density at radius 1 is 0.488 bits per heavy atom. The zero-order valence-electron chi connectivity index (χ0n) is 25.9. The number of carbonyl (C=O) groups is 2. The highest BCUT2D eigenvalue weighted by Gasteiger charge is 2.31. The van der Waals surface area contributed by atoms with Crippen LogP contribution in [0.5, 0.6) is 0 Å². The molecule has 4 fully saturated rings. The van der Waals surface area contributed by atoms with E-state index in [9.17, 15) is 9.59 Å². The molecule has 4 rings (SSSR count). The molecule has 4 aliphatic carbocycles. The minimum atomic E-state index is -0.312. The third-order valence-electron chi connectivity index (χ3n) is 10.3. The van der Waals surface area contributed by atoms with Crippen LogP contribution in [0, 0.1) is 0 Å². The fraction of sp³-hybridized carbons (Fsp3) is 0.829. The van der Waals surface area contributed by atoms with Gasteiger partial charge in [-0.15, -0.1) is 0 Å². The molecule has 0 unspecified atom stereocenters. The summed E-state index contributed by atoms with van der Waals surface area (Å²) in [4.78, 5) is 30.8. The Bertz CT molecular complexity index is 729. The molecule has 0 heterocycles. The Balaban J connectivity index is 1.16. The van der Waals surface area contributed by atoms with Crippen molar-refractivity contribution in [2.75, 3.05) is 26.3 Å². The summed E-state index contributed by atoms with van der Waals surface area (Å²) in [7, 11) is 0. The number of carbonyl (C=O) groups excluding carboxylic acids is 2. The lowest BCUT2D eigenvalue weighted by Crippen LogP contribution is -2.46. The van der Waals surface area contributed by atoms with Crippen LogP contribution in [0.4, 0.5) is 0 Å². The molecule has 232 valence electrons. The third kappa shape index (κ3) is 10.2. The topological polar surface area (TPSA) is 59.1 Å². The van der Waals surface area contributed by atoms with E-state index < -0.39 is 0 Å². The predicted octanol–water partition coefficient (Wildman–Crippen LogP) is 7.51. The van der Waals surface area contributed by atoms with Gasteiger partial charge in [-0.25, -0.2) is 9.59 Å². The predicted molar refractivity (Wildman–Crippen MR) is 166 cm³/mol. The molecule has 0 bridgehead atoms. The van der Waals surface area contributed by atoms with Gasteiger partial charge in [0, 0.05) is 54.8 Å². The van der Waals surface area contributed by atoms with Gasteiger partial charge < -0.3 is 9.47 Å². The van der Waals surface area contributed by atoms with E-state index in [-0.39, 0.29) is 25.2 Å². The molecule has 0 aromatic carbocycles. The second kappa shape index (κ2) is 17.5. The zero-order chi connectivity index (χ0) is 28.9. The summed E-state index contributed by atoms with van der Waals surface area (Å²) in [5.41, 5.74) is 1.11. The molecule has 0 aromatic heterocycles. The van der Waals surface area contributed by atoms with E-state index in [4.69, 9.17) is 9.47 Å². The van der Waals surface area contributed by atoms with Crippen molar-refractivity contribution in [2.45, 2.75) is 159 Å². The van der Waals surface area contributed by atoms with Crippen LogP contribution in [0.1, 0.15) is 135 Å². The quantitative estimate of drug-likeness (QED) is 0.122. The average Bonchev–Trinajstić information content (AvgIpc) is 3.03. The highest BCUT2D eigenvalue weighted by atomic mass is 16.5. The maximum atomic E-state index is 12.8. The molecule has 4 saturated carbocycles. The summed E-state index contributed by atoms with van der Waals surface area (Å²) in [6.45, 7) is 9.94. The van der Waals surface area contributed by atoms with Crippen LogP contribution in [0.25, 0.3) is 0 Å². The second-order valence-corrected chi connectivity index (χ2v) is 13.3. The van der Waals surface area contributed by atoms with Gasteiger partial charge in [-0.05, 0) is 51.4 Å². The van der Waals surface area contributed by atoms with Crippen molar-refractivity contribution in [3.8, 4) is 0 Å². The highest BCUT2D eigenvalue weighted by Crippen LogP contribution is 2.32. The van der Waals surface area contributed by atoms with Crippen molar-refractivity contribution in [1.29, 1.82) is 0 Å². The van der Waals surface area contributed by atoms with Crippen LogP contribution < -0.4 is 0 Å². The van der Waals surface area contributed by atoms with Crippen LogP contribution in [0.2, 0.25) is 0 Å². The summed E-state index contributed by atoms with van der Waals surface area (Å²) in [5.74, 6) is -0.624. The first-order valence-corrected chi connectivity index (χ1v) is 17.2. The normalized spacial score (nSPS) is 22.1. The fourth-order valence-electron chi connectivity index (χ4n) is 7.93. The van der Waals surface area contributed by atoms with E-state index in [0.717, 1.165) is 0 Å². The lowest BCUT2D eigenvalue weighted by molar-refractivity contribution is -0.141. The average molecular weight is 571 g/mol. The van der Waals surface area contributed by atoms with Crippen molar-refractivity contribution in [3.05, 3.63) is 24.3 Å². The molecule has 0 aromatic rings. The van der Waals surface area contributed by atoms with Gasteiger partial charge in [0.25, 0.3) is 0 Å². The van der Waals surface area contributed by atoms with Gasteiger partial charge in [0.05, 0.1) is 13.2 Å². The smallest absolute Gasteiger partial charge is 0.334 e. The van der Waals surface area contributed by atoms with Gasteiger partial charge in [-0.3, -0.25) is 9.80 Å². The fourth-order valence-corrected chi connectivity index (χ4v) is 7.93. The van der Waals surface area contributed by atoms with Crippen LogP contribution in [-0.4, -0.2) is 72.2 Å². The van der Waals surface area contributed by atoms with Gasteiger partial charge in [0.15, 0.2) is 0 Å². The Labute approximate surface area is 250 Å². The van der Waals surface area contributed by atoms with Crippen molar-refractivity contribution >= 4 is 11.9 Å². The van der Waals surface area contributed by atoms with E-state index in [1.807, 2.05) is 0 Å². The van der Waals surface area contributed by atoms with E-state index in [2.05, 4.69) is 23.0 Å². The van der Waals surface area contributed by atoms with Crippen molar-refractivity contribution in [3.63, 3.8) is 0 Å². The first kappa shape index (κ1) is 32.3. The number of hydrogen-bond donors (Lipinski definition) is 0. The van der Waals surface area contributed by atoms with E-state index in [1.54, 1.807) is 0 Å². The van der Waals surface area contributed by atoms with Crippen molar-refractivity contribution in [1.82, 2.24) is 9.80 Å². The lowest BCUT2D eigenvalue weighted by atomic mass is 9.88. The Kier molecular flexibility index (Phi) is 13.7. The second-order valence-electron chi connectivity index (χ2n) is 13.3. The maximum Gasteiger partial charge on any atom is 0.334 e. The maximum absolute atomic E-state index is 12.8. The Hall–Kier alpha value is -1.66. The molecule has 0 atom stereocenters. The zero-order valence-corrected chi connectivity index (χ0v) is 25.9. The number of hydrogen-bond acceptors (Lipinski definition) is 6. The first-order valence-electron chi connectivity index (χ1n) is 17.2. The minimum Gasteiger partial charge on any atom is -0.462 e. The molecule has 4 aliphatic rings. The molecule has 0 radical (unpaired) electrons. The molecule has 41 heavy (non-hydrogen) atoms. The van der Waals surface area contributed by atoms with Crippen LogP contribution in [0.3, 0.4) is 0 Å². The van der Waals surface area contributed by atoms with Crippen LogP contribution >= 0.6 is 0 Å². The Morgan fingerprint density at radius 3 is 1.02 bits per heavy atom. The molecule has 0 saturated heterocycles. The molecule has 0 N–H and O–H groups in total. The summed E-state index contributed by atoms with van der Waals surface area (Å²) in [6.07, 6.45) is 25.9. The molecule has 0 amide bonds. The molecule has 0 spiro atoms. The van der Waals surface area contributed by atoms with Gasteiger partial charge >= 0.3 is 11.9 Å². The number of esters is 2. The highest BCUT2D eigenvalue weighted by molar-refractivity contribution is 5.88. The summed E-state index contributed by atoms with van der Waals surface area (Å²) in [5, 5.41) is 0. The van der Waals surface area contributed by atoms with Crippen LogP contribution in [-0.2, 0) is 19.1 Å². The standard InChI is InChI=1S/C35H58N2O4/c1-28(26-36(30-16-7-3-8-17-30)31-18-9-4-10-19-31)34(38)40-24-15-25-41-35(39)29(2)27-37(32-20-11-5-12-21-32)33-22-13-6-14-23-33/h30-33H,1-27H2. The summed E-state index contributed by atoms with van der Waals surface area (Å²) >= 11 is 0. The SMILES string of the molecule is C=C(CN(C1CCCCC1)C1CCCCC1)C(=O)OCCCOC(=O)C(=C)CN(C1CCCCC1)C1CCCCC1. The van der Waals surface area contributed by atoms with Gasteiger partial charge in [0.1, 0.15) is 0 Å². The molecular formula is C35H58N2O4. The minimum absolute atomic E-state index is 0.237. The summed E-state index contributed by atoms with van der Waals surface area (Å²) in [6, 6.07) is 2.26. The molecular weight excluding hydrogens is 512 g/mol. The van der Waals surface area contributed by atoms with Crippen molar-refractivity contribution in [2.24, 2.45) is 0 Å². The number of nitrogens with zero attached hydrogens (tertiary/aromatic N) is 2. The monoisotopic (exact) mass is 570 g/mol. The van der Waals surface area contributed by atoms with Gasteiger partial charge in [-0.2, -0.15) is 0 Å². The molecule has 6 nitrogen and oxygen atoms in total. The van der Waals surface area contributed by atoms with E-state index in [0.29, 0.717) is 54.8 Å². The molecule has 0 aliphatic heterocycles. The number of ether oxygens (including phenoxy) is 2. The van der Waals surface area contributed by atoms with Crippen molar-refractivity contribution < 1.29 is 19.1 Å². The number of rotatable bonds is 14. The van der Waals surface area contributed by atoms with E-state index >= 15 is 0 Å². The molecule has 6 heteroatoms. The lowest BCUT2D eigenvalue weighted by Gasteiger charge is -2.41. The Morgan fingerprint density at radius 2 is 0.756 bits per heavy atom. The van der Waals surface area contributed by atoms with Gasteiger partial charge in [0.2, 0.25) is 0 Å². The van der Waals surface area contributed by atoms with Gasteiger partial charge in [-0.1, -0.05) is 90.2 Å². The van der Waals surface area contributed by atoms with E-state index in [1.165, 1.54) is 128 Å².